The highest BCUT2D eigenvalue weighted by Gasteiger charge is 2.16. The van der Waals surface area contributed by atoms with Crippen LogP contribution in [-0.2, 0) is 13.6 Å². The first-order valence-corrected chi connectivity index (χ1v) is 7.83. The summed E-state index contributed by atoms with van der Waals surface area (Å²) in [6.07, 6.45) is 0. The number of benzene rings is 1. The molecule has 0 aliphatic rings. The highest BCUT2D eigenvalue weighted by molar-refractivity contribution is 5.98. The molecular formula is C17H17N5O4. The second-order valence-corrected chi connectivity index (χ2v) is 5.95. The number of phenolic OH excluding ortho intramolecular Hbond substituents is 1. The van der Waals surface area contributed by atoms with Crippen LogP contribution in [0.5, 0.6) is 5.75 Å². The minimum Gasteiger partial charge on any atom is -0.508 e. The van der Waals surface area contributed by atoms with Crippen molar-refractivity contribution in [3.8, 4) is 5.75 Å². The average Bonchev–Trinajstić information content (AvgIpc) is 2.86. The Balaban J connectivity index is 1.86. The Hall–Kier alpha value is -3.49. The maximum absolute atomic E-state index is 12.5. The number of rotatable bonds is 4. The predicted octanol–water partition coefficient (Wildman–Crippen LogP) is 2.13. The van der Waals surface area contributed by atoms with Crippen LogP contribution in [0.15, 0.2) is 24.3 Å². The van der Waals surface area contributed by atoms with Crippen LogP contribution >= 0.6 is 0 Å². The number of phenols is 1. The molecule has 26 heavy (non-hydrogen) atoms. The van der Waals surface area contributed by atoms with Crippen molar-refractivity contribution < 1.29 is 14.8 Å². The summed E-state index contributed by atoms with van der Waals surface area (Å²) in [7, 11) is 1.78. The van der Waals surface area contributed by atoms with Crippen LogP contribution in [0.25, 0.3) is 11.0 Å². The fourth-order valence-corrected chi connectivity index (χ4v) is 2.76. The number of hydrogen-bond donors (Lipinski definition) is 2. The van der Waals surface area contributed by atoms with E-state index in [-0.39, 0.29) is 29.5 Å². The fourth-order valence-electron chi connectivity index (χ4n) is 2.76. The Kier molecular flexibility index (Phi) is 4.29. The largest absolute Gasteiger partial charge is 0.508 e. The van der Waals surface area contributed by atoms with Gasteiger partial charge in [-0.1, -0.05) is 0 Å². The van der Waals surface area contributed by atoms with E-state index in [1.165, 1.54) is 18.2 Å². The summed E-state index contributed by atoms with van der Waals surface area (Å²) in [6.45, 7) is 3.51. The molecule has 0 spiro atoms. The second kappa shape index (κ2) is 6.43. The molecule has 0 saturated heterocycles. The summed E-state index contributed by atoms with van der Waals surface area (Å²) in [4.78, 5) is 27.3. The van der Waals surface area contributed by atoms with E-state index in [0.717, 1.165) is 11.1 Å². The van der Waals surface area contributed by atoms with E-state index in [9.17, 15) is 20.0 Å². The lowest BCUT2D eigenvalue weighted by Gasteiger charge is -2.09. The third-order valence-corrected chi connectivity index (χ3v) is 4.15. The Labute approximate surface area is 148 Å². The number of nitro groups is 1. The van der Waals surface area contributed by atoms with Gasteiger partial charge in [0.15, 0.2) is 5.65 Å². The van der Waals surface area contributed by atoms with Crippen molar-refractivity contribution in [2.24, 2.45) is 7.05 Å². The molecule has 2 heterocycles. The molecule has 0 saturated carbocycles. The molecule has 1 aromatic carbocycles. The second-order valence-electron chi connectivity index (χ2n) is 5.95. The molecule has 2 N–H and O–H groups in total. The average molecular weight is 355 g/mol. The molecule has 9 heteroatoms. The number of nitrogens with one attached hydrogen (secondary N) is 1. The number of non-ortho nitro benzene ring substituents is 1. The first kappa shape index (κ1) is 17.3. The molecule has 134 valence electrons. The van der Waals surface area contributed by atoms with Gasteiger partial charge in [0.1, 0.15) is 5.75 Å². The Morgan fingerprint density at radius 3 is 2.73 bits per heavy atom. The number of hydrogen-bond acceptors (Lipinski definition) is 6. The summed E-state index contributed by atoms with van der Waals surface area (Å²) in [5, 5.41) is 28.4. The molecule has 0 bridgehead atoms. The summed E-state index contributed by atoms with van der Waals surface area (Å²) >= 11 is 0. The topological polar surface area (TPSA) is 123 Å². The highest BCUT2D eigenvalue weighted by atomic mass is 16.6. The van der Waals surface area contributed by atoms with Crippen molar-refractivity contribution in [1.82, 2.24) is 20.1 Å². The van der Waals surface area contributed by atoms with Gasteiger partial charge in [-0.05, 0) is 26.0 Å². The van der Waals surface area contributed by atoms with Gasteiger partial charge in [0.05, 0.1) is 21.9 Å². The first-order valence-electron chi connectivity index (χ1n) is 7.83. The van der Waals surface area contributed by atoms with Crippen molar-refractivity contribution >= 4 is 22.6 Å². The van der Waals surface area contributed by atoms with Crippen LogP contribution in [0.2, 0.25) is 0 Å². The molecule has 3 rings (SSSR count). The monoisotopic (exact) mass is 355 g/mol. The van der Waals surface area contributed by atoms with Crippen LogP contribution in [0.1, 0.15) is 27.3 Å². The van der Waals surface area contributed by atoms with Gasteiger partial charge in [-0.2, -0.15) is 5.10 Å². The quantitative estimate of drug-likeness (QED) is 0.546. The molecule has 1 amide bonds. The van der Waals surface area contributed by atoms with Gasteiger partial charge < -0.3 is 10.4 Å². The molecule has 0 aliphatic carbocycles. The standard InChI is InChI=1S/C17H17N5O4/c1-9-14(7-13-10(2)20-21(3)16(13)19-9)17(24)18-8-11-6-12(22(25)26)4-5-15(11)23/h4-7,23H,8H2,1-3H3,(H,18,24). The lowest BCUT2D eigenvalue weighted by atomic mass is 10.1. The van der Waals surface area contributed by atoms with E-state index in [1.54, 1.807) is 24.7 Å². The minimum atomic E-state index is -0.558. The van der Waals surface area contributed by atoms with Gasteiger partial charge in [-0.15, -0.1) is 0 Å². The predicted molar refractivity (Wildman–Crippen MR) is 93.9 cm³/mol. The first-order chi connectivity index (χ1) is 12.3. The van der Waals surface area contributed by atoms with E-state index < -0.39 is 4.92 Å². The number of carbonyl (C=O) groups is 1. The van der Waals surface area contributed by atoms with Crippen LogP contribution in [0, 0.1) is 24.0 Å². The zero-order valence-electron chi connectivity index (χ0n) is 14.5. The number of nitro benzene ring substituents is 1. The molecular weight excluding hydrogens is 338 g/mol. The van der Waals surface area contributed by atoms with Gasteiger partial charge in [0.2, 0.25) is 0 Å². The van der Waals surface area contributed by atoms with E-state index in [2.05, 4.69) is 15.4 Å². The summed E-state index contributed by atoms with van der Waals surface area (Å²) in [6, 6.07) is 5.39. The normalized spacial score (nSPS) is 10.9. The molecule has 0 atom stereocenters. The Morgan fingerprint density at radius 2 is 2.04 bits per heavy atom. The molecule has 3 aromatic rings. The van der Waals surface area contributed by atoms with Gasteiger partial charge in [-0.25, -0.2) is 4.98 Å². The number of fused-ring (bicyclic) bond motifs is 1. The van der Waals surface area contributed by atoms with Gasteiger partial charge in [0, 0.05) is 36.7 Å². The van der Waals surface area contributed by atoms with E-state index in [1.807, 2.05) is 6.92 Å². The summed E-state index contributed by atoms with van der Waals surface area (Å²) < 4.78 is 1.65. The number of amides is 1. The number of aryl methyl sites for hydroxylation is 3. The highest BCUT2D eigenvalue weighted by Crippen LogP contribution is 2.23. The maximum Gasteiger partial charge on any atom is 0.270 e. The van der Waals surface area contributed by atoms with E-state index >= 15 is 0 Å². The smallest absolute Gasteiger partial charge is 0.270 e. The Bertz CT molecular complexity index is 1040. The number of pyridine rings is 1. The van der Waals surface area contributed by atoms with Crippen LogP contribution in [-0.4, -0.2) is 30.7 Å². The zero-order valence-corrected chi connectivity index (χ0v) is 14.5. The van der Waals surface area contributed by atoms with Crippen molar-refractivity contribution in [2.75, 3.05) is 0 Å². The van der Waals surface area contributed by atoms with Gasteiger partial charge >= 0.3 is 0 Å². The third-order valence-electron chi connectivity index (χ3n) is 4.15. The molecule has 2 aromatic heterocycles. The Morgan fingerprint density at radius 1 is 1.31 bits per heavy atom. The summed E-state index contributed by atoms with van der Waals surface area (Å²) in [5.74, 6) is -0.504. The van der Waals surface area contributed by atoms with Gasteiger partial charge in [0.25, 0.3) is 11.6 Å². The molecule has 0 aliphatic heterocycles. The van der Waals surface area contributed by atoms with Crippen molar-refractivity contribution in [3.63, 3.8) is 0 Å². The van der Waals surface area contributed by atoms with Crippen LogP contribution in [0.3, 0.4) is 0 Å². The third kappa shape index (κ3) is 3.06. The zero-order chi connectivity index (χ0) is 19.0. The summed E-state index contributed by atoms with van der Waals surface area (Å²) in [5.41, 5.74) is 2.49. The lowest BCUT2D eigenvalue weighted by Crippen LogP contribution is -2.24. The van der Waals surface area contributed by atoms with Crippen molar-refractivity contribution in [1.29, 1.82) is 0 Å². The van der Waals surface area contributed by atoms with Gasteiger partial charge in [-0.3, -0.25) is 19.6 Å². The van der Waals surface area contributed by atoms with Crippen molar-refractivity contribution in [3.05, 3.63) is 56.9 Å². The molecule has 0 radical (unpaired) electrons. The van der Waals surface area contributed by atoms with Crippen molar-refractivity contribution in [2.45, 2.75) is 20.4 Å². The molecule has 0 fully saturated rings. The van der Waals surface area contributed by atoms with E-state index in [4.69, 9.17) is 0 Å². The number of aromatic nitrogens is 3. The number of carbonyl (C=O) groups excluding carboxylic acids is 1. The van der Waals surface area contributed by atoms with E-state index in [0.29, 0.717) is 16.9 Å². The minimum absolute atomic E-state index is 0.0458. The maximum atomic E-state index is 12.5. The fraction of sp³-hybridized carbons (Fsp3) is 0.235. The molecule has 0 unspecified atom stereocenters. The van der Waals surface area contributed by atoms with Crippen LogP contribution < -0.4 is 5.32 Å². The van der Waals surface area contributed by atoms with Crippen LogP contribution in [0.4, 0.5) is 5.69 Å². The SMILES string of the molecule is Cc1nc2c(cc1C(=O)NCc1cc([N+](=O)[O-])ccc1O)c(C)nn2C. The molecule has 9 nitrogen and oxygen atoms in total. The lowest BCUT2D eigenvalue weighted by molar-refractivity contribution is -0.384. The number of aromatic hydroxyl groups is 1. The number of nitrogens with zero attached hydrogens (tertiary/aromatic N) is 4.